The zero-order valence-electron chi connectivity index (χ0n) is 25.2. The maximum absolute atomic E-state index is 10.5. The third kappa shape index (κ3) is 8.06. The van der Waals surface area contributed by atoms with Crippen molar-refractivity contribution in [2.24, 2.45) is 11.3 Å². The van der Waals surface area contributed by atoms with Crippen molar-refractivity contribution in [3.63, 3.8) is 0 Å². The number of nitrogens with zero attached hydrogens (tertiary/aromatic N) is 2. The Bertz CT molecular complexity index is 1070. The van der Waals surface area contributed by atoms with E-state index < -0.39 is 4.92 Å². The molecule has 2 fully saturated rings. The van der Waals surface area contributed by atoms with E-state index in [4.69, 9.17) is 4.74 Å². The van der Waals surface area contributed by atoms with Crippen molar-refractivity contribution < 1.29 is 29.1 Å². The quantitative estimate of drug-likeness (QED) is 0.132. The number of nitro groups is 1. The van der Waals surface area contributed by atoms with Crippen LogP contribution in [0.3, 0.4) is 0 Å². The molecule has 1 aliphatic heterocycles. The molecule has 3 aliphatic rings. The number of aryl methyl sites for hydroxylation is 1. The van der Waals surface area contributed by atoms with Gasteiger partial charge in [-0.25, -0.2) is 6.54 Å². The smallest absolute Gasteiger partial charge is 0.517 e. The van der Waals surface area contributed by atoms with Crippen LogP contribution in [0.15, 0.2) is 53.8 Å². The first-order valence-electron chi connectivity index (χ1n) is 14.5. The van der Waals surface area contributed by atoms with Gasteiger partial charge in [0, 0.05) is 23.4 Å². The average Bonchev–Trinajstić information content (AvgIpc) is 3.14. The molecule has 5 nitrogen and oxygen atoms in total. The number of likely N-dealkylation sites (tertiary alicyclic amines) is 1. The van der Waals surface area contributed by atoms with Gasteiger partial charge in [0.2, 0.25) is 0 Å². The summed E-state index contributed by atoms with van der Waals surface area (Å²) in [4.78, 5) is 12.7. The van der Waals surface area contributed by atoms with E-state index in [1.165, 1.54) is 74.8 Å². The van der Waals surface area contributed by atoms with Crippen LogP contribution in [0.2, 0.25) is 0 Å². The van der Waals surface area contributed by atoms with Crippen molar-refractivity contribution in [3.8, 4) is 5.75 Å². The normalized spacial score (nSPS) is 23.0. The maximum Gasteiger partial charge on any atom is 1.00 e. The van der Waals surface area contributed by atoms with Crippen molar-refractivity contribution in [2.75, 3.05) is 0 Å². The number of hydrogen-bond donors (Lipinski definition) is 0. The van der Waals surface area contributed by atoms with Gasteiger partial charge in [0.15, 0.2) is 0 Å². The van der Waals surface area contributed by atoms with Gasteiger partial charge >= 0.3 is 19.5 Å². The van der Waals surface area contributed by atoms with Gasteiger partial charge < -0.3 is 9.64 Å². The van der Waals surface area contributed by atoms with Crippen LogP contribution in [-0.2, 0) is 19.5 Å². The zero-order chi connectivity index (χ0) is 28.1. The zero-order valence-corrected chi connectivity index (χ0v) is 26.9. The van der Waals surface area contributed by atoms with E-state index in [1.807, 2.05) is 13.8 Å². The van der Waals surface area contributed by atoms with Gasteiger partial charge in [-0.2, -0.15) is 0 Å². The molecule has 1 aromatic rings. The Balaban J connectivity index is 0.000000306. The number of non-ortho nitro benzene ring substituents is 1. The minimum atomic E-state index is -0.411. The number of hydrogen-bond acceptors (Lipinski definition) is 4. The first kappa shape index (κ1) is 33.3. The second-order valence-electron chi connectivity index (χ2n) is 12.4. The largest absolute Gasteiger partial charge is 1.00 e. The van der Waals surface area contributed by atoms with Crippen LogP contribution in [0.1, 0.15) is 105 Å². The molecule has 1 radical (unpaired) electrons. The van der Waals surface area contributed by atoms with E-state index in [9.17, 15) is 10.1 Å². The number of benzene rings is 1. The van der Waals surface area contributed by atoms with Gasteiger partial charge in [-0.05, 0) is 76.7 Å². The SMILES string of the molecule is C=CC1=CCCC(CC)=C1N1[CH-]C(C)(C2CCCCC2)CC1(C)C.Cc1cc([N+](=O)[O-])ccc1OC(C)C.[Ru+]. The van der Waals surface area contributed by atoms with Gasteiger partial charge in [0.25, 0.3) is 5.69 Å². The van der Waals surface area contributed by atoms with Gasteiger partial charge in [-0.1, -0.05) is 77.0 Å². The second-order valence-corrected chi connectivity index (χ2v) is 12.4. The molecule has 1 heterocycles. The molecule has 1 saturated carbocycles. The molecule has 1 saturated heterocycles. The Kier molecular flexibility index (Phi) is 12.0. The van der Waals surface area contributed by atoms with Crippen molar-refractivity contribution in [1.82, 2.24) is 4.90 Å². The molecule has 0 spiro atoms. The van der Waals surface area contributed by atoms with Crippen LogP contribution in [0.4, 0.5) is 5.69 Å². The fourth-order valence-electron chi connectivity index (χ4n) is 6.70. The van der Waals surface area contributed by atoms with Crippen LogP contribution in [-0.4, -0.2) is 21.5 Å². The molecular formula is C33H49N2O3Ru. The number of rotatable bonds is 7. The number of allylic oxidation sites excluding steroid dienone is 3. The molecule has 4 rings (SSSR count). The minimum Gasteiger partial charge on any atom is -0.517 e. The van der Waals surface area contributed by atoms with Crippen LogP contribution in [0.5, 0.6) is 5.75 Å². The van der Waals surface area contributed by atoms with E-state index in [0.29, 0.717) is 11.2 Å². The van der Waals surface area contributed by atoms with E-state index in [0.717, 1.165) is 17.9 Å². The van der Waals surface area contributed by atoms with Crippen LogP contribution >= 0.6 is 0 Å². The molecule has 0 N–H and O–H groups in total. The standard InChI is InChI=1S/C23H36N.C10H13NO3.Ru/c1-6-18-12-11-13-19(7-2)21(18)24-17-23(5,16-22(24,3)4)20-14-9-8-10-15-20;1-7(2)14-10-5-4-9(11(12)13)6-8(10)3;/h6,12,17,20H,1,7-11,13-16H2,2-5H3;4-7H,1-3H3;/q-1;;+1. The number of ether oxygens (including phenoxy) is 1. The molecule has 0 bridgehead atoms. The molecular weight excluding hydrogens is 573 g/mol. The monoisotopic (exact) mass is 623 g/mol. The van der Waals surface area contributed by atoms with Gasteiger partial charge in [-0.3, -0.25) is 10.1 Å². The second kappa shape index (κ2) is 14.1. The summed E-state index contributed by atoms with van der Waals surface area (Å²) in [5, 5.41) is 10.5. The van der Waals surface area contributed by atoms with Crippen LogP contribution in [0, 0.1) is 34.9 Å². The fraction of sp³-hybridized carbons (Fsp3) is 0.606. The Labute approximate surface area is 250 Å². The number of nitro benzene ring substituents is 1. The molecule has 6 heteroatoms. The van der Waals surface area contributed by atoms with E-state index >= 15 is 0 Å². The minimum absolute atomic E-state index is 0. The third-order valence-corrected chi connectivity index (χ3v) is 8.47. The van der Waals surface area contributed by atoms with Crippen LogP contribution in [0.25, 0.3) is 0 Å². The summed E-state index contributed by atoms with van der Waals surface area (Å²) in [6.07, 6.45) is 16.5. The molecule has 0 aromatic heterocycles. The van der Waals surface area contributed by atoms with Crippen molar-refractivity contribution >= 4 is 5.69 Å². The first-order valence-corrected chi connectivity index (χ1v) is 14.5. The topological polar surface area (TPSA) is 55.6 Å². The van der Waals surface area contributed by atoms with Crippen molar-refractivity contribution in [2.45, 2.75) is 118 Å². The summed E-state index contributed by atoms with van der Waals surface area (Å²) < 4.78 is 5.46. The van der Waals surface area contributed by atoms with E-state index in [1.54, 1.807) is 18.6 Å². The summed E-state index contributed by atoms with van der Waals surface area (Å²) in [5.74, 6) is 1.56. The summed E-state index contributed by atoms with van der Waals surface area (Å²) in [6.45, 7) is 22.1. The molecule has 1 aromatic carbocycles. The Hall–Kier alpha value is -1.94. The fourth-order valence-corrected chi connectivity index (χ4v) is 6.70. The predicted molar refractivity (Wildman–Crippen MR) is 158 cm³/mol. The van der Waals surface area contributed by atoms with Crippen molar-refractivity contribution in [3.05, 3.63) is 76.0 Å². The molecule has 1 atom stereocenters. The molecule has 0 amide bonds. The summed E-state index contributed by atoms with van der Waals surface area (Å²) in [6, 6.07) is 4.59. The van der Waals surface area contributed by atoms with Gasteiger partial charge in [0.05, 0.1) is 11.0 Å². The van der Waals surface area contributed by atoms with Crippen molar-refractivity contribution in [1.29, 1.82) is 0 Å². The predicted octanol–water partition coefficient (Wildman–Crippen LogP) is 9.48. The maximum atomic E-state index is 10.5. The first-order chi connectivity index (χ1) is 17.9. The van der Waals surface area contributed by atoms with Gasteiger partial charge in [-0.15, -0.1) is 5.41 Å². The van der Waals surface area contributed by atoms with E-state index in [-0.39, 0.29) is 36.8 Å². The molecule has 2 aliphatic carbocycles. The third-order valence-electron chi connectivity index (χ3n) is 8.47. The Morgan fingerprint density at radius 2 is 1.90 bits per heavy atom. The molecule has 39 heavy (non-hydrogen) atoms. The summed E-state index contributed by atoms with van der Waals surface area (Å²) in [5.41, 5.74) is 5.87. The summed E-state index contributed by atoms with van der Waals surface area (Å²) in [7, 11) is 0. The van der Waals surface area contributed by atoms with Crippen LogP contribution < -0.4 is 4.74 Å². The Morgan fingerprint density at radius 1 is 1.23 bits per heavy atom. The molecule has 1 unspecified atom stereocenters. The molecule has 217 valence electrons. The Morgan fingerprint density at radius 3 is 2.44 bits per heavy atom. The average molecular weight is 623 g/mol. The summed E-state index contributed by atoms with van der Waals surface area (Å²) >= 11 is 0. The van der Waals surface area contributed by atoms with Gasteiger partial charge in [0.1, 0.15) is 5.75 Å². The van der Waals surface area contributed by atoms with E-state index in [2.05, 4.69) is 57.9 Å².